The average Bonchev–Trinajstić information content (AvgIpc) is 3.91. The number of alkyl carbamates (subject to hydrolysis) is 1. The zero-order valence-electron chi connectivity index (χ0n) is 31.6. The SMILES string of the molecule is C[C@@H]1c2c(C(F)(F)F)nn(CC(=O)N[C@@H](Cc3cc(F)cc(F)c3)c3nc4nc(N5CCC6(CC5)CNC(=O)O6)sc4cc3-c3ccc(F)c(C(N)=O)c3)c2C(F)(F)[C@@H]1C. The molecular weight excluding hydrogens is 829 g/mol. The minimum Gasteiger partial charge on any atom is -0.441 e. The molecule has 60 heavy (non-hydrogen) atoms. The van der Waals surface area contributed by atoms with Gasteiger partial charge in [0.1, 0.15) is 35.3 Å². The number of fused-ring (bicyclic) bond motifs is 2. The van der Waals surface area contributed by atoms with Gasteiger partial charge in [0.2, 0.25) is 5.91 Å². The molecule has 1 aliphatic carbocycles. The van der Waals surface area contributed by atoms with E-state index in [0.29, 0.717) is 53.1 Å². The van der Waals surface area contributed by atoms with E-state index < -0.39 is 106 Å². The lowest BCUT2D eigenvalue weighted by Crippen LogP contribution is -2.46. The Morgan fingerprint density at radius 2 is 1.75 bits per heavy atom. The lowest BCUT2D eigenvalue weighted by molar-refractivity contribution is -0.143. The van der Waals surface area contributed by atoms with E-state index in [1.54, 1.807) is 6.07 Å². The van der Waals surface area contributed by atoms with Crippen LogP contribution in [0.25, 0.3) is 21.5 Å². The third kappa shape index (κ3) is 7.36. The van der Waals surface area contributed by atoms with Gasteiger partial charge in [0.15, 0.2) is 16.5 Å². The quantitative estimate of drug-likeness (QED) is 0.132. The fourth-order valence-corrected chi connectivity index (χ4v) is 9.18. The minimum atomic E-state index is -5.13. The Morgan fingerprint density at radius 1 is 1.05 bits per heavy atom. The summed E-state index contributed by atoms with van der Waals surface area (Å²) in [4.78, 5) is 49.4. The Bertz CT molecular complexity index is 2550. The molecule has 2 saturated heterocycles. The van der Waals surface area contributed by atoms with Crippen molar-refractivity contribution in [2.75, 3.05) is 24.5 Å². The number of hydrogen-bond donors (Lipinski definition) is 3. The first-order valence-corrected chi connectivity index (χ1v) is 19.5. The van der Waals surface area contributed by atoms with Gasteiger partial charge in [-0.25, -0.2) is 22.9 Å². The summed E-state index contributed by atoms with van der Waals surface area (Å²) in [6, 6.07) is 6.17. The molecular formula is C39H34F8N8O4S. The fourth-order valence-electron chi connectivity index (χ4n) is 8.18. The number of carbonyl (C=O) groups excluding carboxylic acids is 3. The number of piperidine rings is 1. The molecule has 2 aliphatic heterocycles. The molecule has 12 nitrogen and oxygen atoms in total. The molecule has 1 spiro atoms. The number of aromatic nitrogens is 4. The van der Waals surface area contributed by atoms with Crippen molar-refractivity contribution < 1.29 is 54.2 Å². The third-order valence-electron chi connectivity index (χ3n) is 11.4. The van der Waals surface area contributed by atoms with Crippen LogP contribution < -0.4 is 21.3 Å². The molecule has 3 aromatic heterocycles. The number of nitrogens with two attached hydrogens (primary N) is 1. The van der Waals surface area contributed by atoms with Crippen molar-refractivity contribution in [3.05, 3.63) is 93.7 Å². The van der Waals surface area contributed by atoms with E-state index >= 15 is 8.78 Å². The van der Waals surface area contributed by atoms with E-state index in [9.17, 15) is 40.7 Å². The second-order valence-corrected chi connectivity index (χ2v) is 16.3. The molecule has 5 heterocycles. The van der Waals surface area contributed by atoms with Crippen molar-refractivity contribution in [3.8, 4) is 11.1 Å². The number of pyridine rings is 1. The molecule has 316 valence electrons. The zero-order chi connectivity index (χ0) is 43.1. The number of carbonyl (C=O) groups is 3. The van der Waals surface area contributed by atoms with Gasteiger partial charge in [0.05, 0.1) is 28.5 Å². The highest BCUT2D eigenvalue weighted by atomic mass is 32.1. The van der Waals surface area contributed by atoms with E-state index in [4.69, 9.17) is 20.4 Å². The Kier molecular flexibility index (Phi) is 10.0. The fraction of sp³-hybridized carbons (Fsp3) is 0.385. The number of alkyl halides is 5. The average molecular weight is 863 g/mol. The number of primary amides is 1. The highest BCUT2D eigenvalue weighted by molar-refractivity contribution is 7.22. The summed E-state index contributed by atoms with van der Waals surface area (Å²) in [6.07, 6.45) is -5.06. The van der Waals surface area contributed by atoms with Gasteiger partial charge in [0, 0.05) is 49.0 Å². The predicted molar refractivity (Wildman–Crippen MR) is 200 cm³/mol. The Morgan fingerprint density at radius 3 is 2.38 bits per heavy atom. The Hall–Kier alpha value is -5.86. The maximum absolute atomic E-state index is 15.6. The van der Waals surface area contributed by atoms with Crippen LogP contribution in [0.2, 0.25) is 0 Å². The van der Waals surface area contributed by atoms with Crippen LogP contribution in [0, 0.1) is 23.4 Å². The van der Waals surface area contributed by atoms with Crippen molar-refractivity contribution in [2.24, 2.45) is 11.7 Å². The summed E-state index contributed by atoms with van der Waals surface area (Å²) in [5, 5.41) is 9.23. The number of halogens is 8. The summed E-state index contributed by atoms with van der Waals surface area (Å²) in [6.45, 7) is 2.44. The van der Waals surface area contributed by atoms with Crippen LogP contribution in [-0.2, 0) is 34.6 Å². The zero-order valence-corrected chi connectivity index (χ0v) is 32.4. The first kappa shape index (κ1) is 40.9. The smallest absolute Gasteiger partial charge is 0.435 e. The molecule has 0 saturated carbocycles. The van der Waals surface area contributed by atoms with Crippen LogP contribution in [-0.4, -0.2) is 62.9 Å². The van der Waals surface area contributed by atoms with E-state index in [1.165, 1.54) is 24.3 Å². The molecule has 0 bridgehead atoms. The molecule has 4 N–H and O–H groups in total. The maximum Gasteiger partial charge on any atom is 0.435 e. The van der Waals surface area contributed by atoms with Gasteiger partial charge in [-0.15, -0.1) is 0 Å². The number of thiazole rings is 1. The van der Waals surface area contributed by atoms with Gasteiger partial charge < -0.3 is 26.0 Å². The number of amides is 3. The van der Waals surface area contributed by atoms with Crippen molar-refractivity contribution in [3.63, 3.8) is 0 Å². The monoisotopic (exact) mass is 862 g/mol. The second-order valence-electron chi connectivity index (χ2n) is 15.3. The van der Waals surface area contributed by atoms with Crippen LogP contribution in [0.4, 0.5) is 45.0 Å². The molecule has 5 aromatic rings. The molecule has 21 heteroatoms. The number of anilines is 1. The number of ether oxygens (including phenoxy) is 1. The molecule has 8 rings (SSSR count). The standard InChI is InChI=1S/C39H34F8N8O4S/c1-17-18(2)38(43,44)32-29(17)31(39(45,46)47)53-55(32)15-28(56)50-26(11-19-9-21(40)13-22(41)10-19)30-23(20-3-4-25(42)24(12-20)33(48)57)14-27-34(51-30)52-35(60-27)54-7-5-37(6-8-54)16-49-36(58)59-37/h3-4,9-10,12-14,17-18,26H,5-8,11,15-16H2,1-2H3,(H2,48,57)(H,49,58)(H,50,56)/t17-,18+,26-/m0/s1. The number of rotatable bonds is 9. The first-order chi connectivity index (χ1) is 28.2. The lowest BCUT2D eigenvalue weighted by atomic mass is 9.92. The second kappa shape index (κ2) is 14.7. The summed E-state index contributed by atoms with van der Waals surface area (Å²) in [5.74, 6) is -11.7. The topological polar surface area (TPSA) is 157 Å². The van der Waals surface area contributed by atoms with E-state index in [-0.39, 0.29) is 28.0 Å². The molecule has 2 aromatic carbocycles. The summed E-state index contributed by atoms with van der Waals surface area (Å²) >= 11 is 1.22. The van der Waals surface area contributed by atoms with Gasteiger partial charge in [-0.05, 0) is 53.8 Å². The molecule has 0 unspecified atom stereocenters. The van der Waals surface area contributed by atoms with Gasteiger partial charge in [-0.3, -0.25) is 14.3 Å². The van der Waals surface area contributed by atoms with E-state index in [0.717, 1.165) is 31.2 Å². The van der Waals surface area contributed by atoms with Crippen LogP contribution in [0.5, 0.6) is 0 Å². The molecule has 3 aliphatic rings. The van der Waals surface area contributed by atoms with Crippen molar-refractivity contribution in [1.29, 1.82) is 0 Å². The Labute approximate surface area is 339 Å². The summed E-state index contributed by atoms with van der Waals surface area (Å²) in [7, 11) is 0. The highest BCUT2D eigenvalue weighted by Crippen LogP contribution is 2.55. The molecule has 3 atom stereocenters. The van der Waals surface area contributed by atoms with Crippen molar-refractivity contribution in [2.45, 2.75) is 69.3 Å². The van der Waals surface area contributed by atoms with Crippen LogP contribution in [0.1, 0.15) is 77.2 Å². The first-order valence-electron chi connectivity index (χ1n) is 18.7. The van der Waals surface area contributed by atoms with Crippen molar-refractivity contribution >= 4 is 44.7 Å². The third-order valence-corrected chi connectivity index (χ3v) is 12.5. The van der Waals surface area contributed by atoms with Gasteiger partial charge in [-0.1, -0.05) is 31.3 Å². The van der Waals surface area contributed by atoms with Crippen molar-refractivity contribution in [1.82, 2.24) is 30.4 Å². The van der Waals surface area contributed by atoms with Crippen LogP contribution >= 0.6 is 11.3 Å². The van der Waals surface area contributed by atoms with Crippen LogP contribution in [0.15, 0.2) is 42.5 Å². The number of nitrogens with zero attached hydrogens (tertiary/aromatic N) is 5. The predicted octanol–water partition coefficient (Wildman–Crippen LogP) is 7.11. The number of nitrogens with one attached hydrogen (secondary N) is 2. The lowest BCUT2D eigenvalue weighted by Gasteiger charge is -2.36. The van der Waals surface area contributed by atoms with Gasteiger partial charge in [-0.2, -0.15) is 32.0 Å². The van der Waals surface area contributed by atoms with E-state index in [2.05, 4.69) is 15.7 Å². The van der Waals surface area contributed by atoms with Crippen LogP contribution in [0.3, 0.4) is 0 Å². The molecule has 0 radical (unpaired) electrons. The van der Waals surface area contributed by atoms with Gasteiger partial charge in [0.25, 0.3) is 11.8 Å². The summed E-state index contributed by atoms with van der Waals surface area (Å²) in [5.41, 5.74) is 1.36. The largest absolute Gasteiger partial charge is 0.441 e. The number of hydrogen-bond acceptors (Lipinski definition) is 9. The maximum atomic E-state index is 15.6. The normalized spacial score (nSPS) is 20.0. The Balaban J connectivity index is 1.22. The number of benzene rings is 2. The molecule has 3 amide bonds. The van der Waals surface area contributed by atoms with E-state index in [1.807, 2.05) is 4.90 Å². The summed E-state index contributed by atoms with van der Waals surface area (Å²) < 4.78 is 124. The molecule has 2 fully saturated rings. The van der Waals surface area contributed by atoms with Gasteiger partial charge >= 0.3 is 12.3 Å². The highest BCUT2D eigenvalue weighted by Gasteiger charge is 2.57. The minimum absolute atomic E-state index is 0.0144.